The summed E-state index contributed by atoms with van der Waals surface area (Å²) in [5.74, 6) is -0.226. The van der Waals surface area contributed by atoms with E-state index in [0.29, 0.717) is 12.8 Å². The van der Waals surface area contributed by atoms with E-state index in [1.165, 1.54) is 39.9 Å². The lowest BCUT2D eigenvalue weighted by molar-refractivity contribution is -0.141. The SMILES string of the molecule is COC(=O)CCCCCCCCCCC(=O)OC. The van der Waals surface area contributed by atoms with Gasteiger partial charge in [0.1, 0.15) is 0 Å². The quantitative estimate of drug-likeness (QED) is 0.422. The minimum Gasteiger partial charge on any atom is -0.469 e. The molecule has 0 aliphatic rings. The maximum Gasteiger partial charge on any atom is 0.305 e. The van der Waals surface area contributed by atoms with Gasteiger partial charge >= 0.3 is 11.9 Å². The minimum absolute atomic E-state index is 0.113. The molecule has 0 aromatic carbocycles. The Bertz CT molecular complexity index is 202. The zero-order valence-corrected chi connectivity index (χ0v) is 11.7. The van der Waals surface area contributed by atoms with Crippen LogP contribution in [0.15, 0.2) is 0 Å². The van der Waals surface area contributed by atoms with Crippen molar-refractivity contribution in [3.63, 3.8) is 0 Å². The summed E-state index contributed by atoms with van der Waals surface area (Å²) in [4.78, 5) is 21.7. The smallest absolute Gasteiger partial charge is 0.305 e. The van der Waals surface area contributed by atoms with Crippen LogP contribution in [0.25, 0.3) is 0 Å². The standard InChI is InChI=1S/C14H26O4/c1-17-13(15)11-9-7-5-3-4-6-8-10-12-14(16)18-2/h3-12H2,1-2H3. The van der Waals surface area contributed by atoms with Crippen molar-refractivity contribution in [2.45, 2.75) is 64.2 Å². The molecule has 0 unspecified atom stereocenters. The minimum atomic E-state index is -0.113. The number of hydrogen-bond donors (Lipinski definition) is 0. The fourth-order valence-corrected chi connectivity index (χ4v) is 1.80. The third kappa shape index (κ3) is 11.4. The lowest BCUT2D eigenvalue weighted by atomic mass is 10.1. The highest BCUT2D eigenvalue weighted by atomic mass is 16.5. The Kier molecular flexibility index (Phi) is 11.7. The van der Waals surface area contributed by atoms with Crippen molar-refractivity contribution in [3.8, 4) is 0 Å². The molecule has 0 radical (unpaired) electrons. The van der Waals surface area contributed by atoms with E-state index < -0.39 is 0 Å². The summed E-state index contributed by atoms with van der Waals surface area (Å²) in [7, 11) is 2.85. The van der Waals surface area contributed by atoms with Gasteiger partial charge in [0.2, 0.25) is 0 Å². The van der Waals surface area contributed by atoms with E-state index >= 15 is 0 Å². The first-order valence-corrected chi connectivity index (χ1v) is 6.84. The number of rotatable bonds is 11. The highest BCUT2D eigenvalue weighted by Gasteiger charge is 2.00. The van der Waals surface area contributed by atoms with Crippen molar-refractivity contribution in [1.29, 1.82) is 0 Å². The first-order valence-electron chi connectivity index (χ1n) is 6.84. The van der Waals surface area contributed by atoms with Crippen LogP contribution >= 0.6 is 0 Å². The Labute approximate surface area is 110 Å². The molecule has 0 saturated carbocycles. The van der Waals surface area contributed by atoms with Crippen LogP contribution < -0.4 is 0 Å². The number of hydrogen-bond acceptors (Lipinski definition) is 4. The summed E-state index contributed by atoms with van der Waals surface area (Å²) in [5.41, 5.74) is 0. The first kappa shape index (κ1) is 16.9. The summed E-state index contributed by atoms with van der Waals surface area (Å²) in [6, 6.07) is 0. The Balaban J connectivity index is 3.07. The van der Waals surface area contributed by atoms with Crippen molar-refractivity contribution in [2.24, 2.45) is 0 Å². The van der Waals surface area contributed by atoms with Crippen molar-refractivity contribution in [3.05, 3.63) is 0 Å². The Morgan fingerprint density at radius 2 is 0.889 bits per heavy atom. The second kappa shape index (κ2) is 12.4. The lowest BCUT2D eigenvalue weighted by Crippen LogP contribution is -1.99. The van der Waals surface area contributed by atoms with Crippen molar-refractivity contribution in [2.75, 3.05) is 14.2 Å². The van der Waals surface area contributed by atoms with E-state index in [2.05, 4.69) is 9.47 Å². The first-order chi connectivity index (χ1) is 8.70. The van der Waals surface area contributed by atoms with Gasteiger partial charge in [-0.05, 0) is 12.8 Å². The molecule has 0 saturated heterocycles. The second-order valence-electron chi connectivity index (χ2n) is 4.48. The van der Waals surface area contributed by atoms with Gasteiger partial charge in [0.25, 0.3) is 0 Å². The van der Waals surface area contributed by atoms with Crippen LogP contribution in [0.5, 0.6) is 0 Å². The molecule has 4 nitrogen and oxygen atoms in total. The molecule has 106 valence electrons. The monoisotopic (exact) mass is 258 g/mol. The normalized spacial score (nSPS) is 10.1. The molecule has 0 spiro atoms. The molecule has 18 heavy (non-hydrogen) atoms. The molecule has 0 rings (SSSR count). The number of unbranched alkanes of at least 4 members (excludes halogenated alkanes) is 7. The predicted molar refractivity (Wildman–Crippen MR) is 70.2 cm³/mol. The Hall–Kier alpha value is -1.06. The van der Waals surface area contributed by atoms with E-state index in [4.69, 9.17) is 0 Å². The second-order valence-corrected chi connectivity index (χ2v) is 4.48. The van der Waals surface area contributed by atoms with Crippen LogP contribution in [0.3, 0.4) is 0 Å². The van der Waals surface area contributed by atoms with Gasteiger partial charge < -0.3 is 9.47 Å². The van der Waals surface area contributed by atoms with Crippen LogP contribution in [0.2, 0.25) is 0 Å². The summed E-state index contributed by atoms with van der Waals surface area (Å²) in [5, 5.41) is 0. The molecule has 0 bridgehead atoms. The highest BCUT2D eigenvalue weighted by molar-refractivity contribution is 5.69. The van der Waals surface area contributed by atoms with E-state index in [1.807, 2.05) is 0 Å². The lowest BCUT2D eigenvalue weighted by Gasteiger charge is -2.02. The maximum absolute atomic E-state index is 10.8. The van der Waals surface area contributed by atoms with Gasteiger partial charge in [0.05, 0.1) is 14.2 Å². The van der Waals surface area contributed by atoms with Crippen LogP contribution in [0.4, 0.5) is 0 Å². The van der Waals surface area contributed by atoms with Gasteiger partial charge in [-0.15, -0.1) is 0 Å². The van der Waals surface area contributed by atoms with Gasteiger partial charge in [-0.1, -0.05) is 38.5 Å². The zero-order valence-electron chi connectivity index (χ0n) is 11.7. The van der Waals surface area contributed by atoms with Crippen LogP contribution in [0, 0.1) is 0 Å². The molecule has 0 atom stereocenters. The summed E-state index contributed by atoms with van der Waals surface area (Å²) in [6.07, 6.45) is 9.88. The number of carbonyl (C=O) groups is 2. The van der Waals surface area contributed by atoms with Crippen molar-refractivity contribution in [1.82, 2.24) is 0 Å². The molecular formula is C14H26O4. The maximum atomic E-state index is 10.8. The highest BCUT2D eigenvalue weighted by Crippen LogP contribution is 2.11. The average molecular weight is 258 g/mol. The number of methoxy groups -OCH3 is 2. The molecule has 4 heteroatoms. The summed E-state index contributed by atoms with van der Waals surface area (Å²) >= 11 is 0. The number of carbonyl (C=O) groups excluding carboxylic acids is 2. The van der Waals surface area contributed by atoms with E-state index in [0.717, 1.165) is 25.7 Å². The molecule has 0 aliphatic heterocycles. The summed E-state index contributed by atoms with van der Waals surface area (Å²) < 4.78 is 9.15. The van der Waals surface area contributed by atoms with Gasteiger partial charge in [0.15, 0.2) is 0 Å². The van der Waals surface area contributed by atoms with Gasteiger partial charge in [-0.25, -0.2) is 0 Å². The Morgan fingerprint density at radius 1 is 0.611 bits per heavy atom. The molecule has 0 aromatic rings. The van der Waals surface area contributed by atoms with E-state index in [9.17, 15) is 9.59 Å². The van der Waals surface area contributed by atoms with Crippen molar-refractivity contribution < 1.29 is 19.1 Å². The van der Waals surface area contributed by atoms with Crippen LogP contribution in [-0.4, -0.2) is 26.2 Å². The van der Waals surface area contributed by atoms with Gasteiger partial charge in [-0.3, -0.25) is 9.59 Å². The van der Waals surface area contributed by atoms with Gasteiger partial charge in [0, 0.05) is 12.8 Å². The third-order valence-electron chi connectivity index (χ3n) is 2.97. The fraction of sp³-hybridized carbons (Fsp3) is 0.857. The largest absolute Gasteiger partial charge is 0.469 e. The molecule has 0 amide bonds. The average Bonchev–Trinajstić information content (AvgIpc) is 2.40. The number of ether oxygens (including phenoxy) is 2. The third-order valence-corrected chi connectivity index (χ3v) is 2.97. The molecule has 0 fully saturated rings. The van der Waals surface area contributed by atoms with Crippen LogP contribution in [-0.2, 0) is 19.1 Å². The van der Waals surface area contributed by atoms with E-state index in [-0.39, 0.29) is 11.9 Å². The summed E-state index contributed by atoms with van der Waals surface area (Å²) in [6.45, 7) is 0. The zero-order chi connectivity index (χ0) is 13.6. The topological polar surface area (TPSA) is 52.6 Å². The molecule has 0 aliphatic carbocycles. The van der Waals surface area contributed by atoms with Crippen molar-refractivity contribution >= 4 is 11.9 Å². The molecule has 0 heterocycles. The number of esters is 2. The Morgan fingerprint density at radius 3 is 1.17 bits per heavy atom. The fourth-order valence-electron chi connectivity index (χ4n) is 1.80. The predicted octanol–water partition coefficient (Wildman–Crippen LogP) is 3.23. The molecule has 0 N–H and O–H groups in total. The molecule has 0 aromatic heterocycles. The van der Waals surface area contributed by atoms with E-state index in [1.54, 1.807) is 0 Å². The van der Waals surface area contributed by atoms with Gasteiger partial charge in [-0.2, -0.15) is 0 Å². The van der Waals surface area contributed by atoms with Crippen LogP contribution in [0.1, 0.15) is 64.2 Å². The molecular weight excluding hydrogens is 232 g/mol.